The maximum atomic E-state index is 12.7. The van der Waals surface area contributed by atoms with Gasteiger partial charge in [0.2, 0.25) is 16.0 Å². The van der Waals surface area contributed by atoms with Crippen LogP contribution < -0.4 is 5.32 Å². The van der Waals surface area contributed by atoms with Gasteiger partial charge in [0.1, 0.15) is 4.90 Å². The molecule has 1 saturated heterocycles. The number of hydrogen-bond acceptors (Lipinski definition) is 6. The lowest BCUT2D eigenvalue weighted by atomic mass is 10.1. The van der Waals surface area contributed by atoms with E-state index >= 15 is 0 Å². The van der Waals surface area contributed by atoms with Crippen LogP contribution in [0.2, 0.25) is 0 Å². The Hall–Kier alpha value is -1.25. The first kappa shape index (κ1) is 16.1. The van der Waals surface area contributed by atoms with Crippen molar-refractivity contribution in [3.63, 3.8) is 0 Å². The number of rotatable bonds is 5. The van der Waals surface area contributed by atoms with Gasteiger partial charge in [-0.05, 0) is 19.8 Å². The molecule has 8 heteroatoms. The number of anilines is 1. The van der Waals surface area contributed by atoms with Crippen LogP contribution in [0.15, 0.2) is 17.3 Å². The van der Waals surface area contributed by atoms with Crippen LogP contribution in [-0.4, -0.2) is 53.5 Å². The van der Waals surface area contributed by atoms with Gasteiger partial charge >= 0.3 is 0 Å². The molecule has 0 aliphatic carbocycles. The third-order valence-electron chi connectivity index (χ3n) is 3.60. The van der Waals surface area contributed by atoms with E-state index in [0.29, 0.717) is 25.5 Å². The van der Waals surface area contributed by atoms with Gasteiger partial charge in [-0.25, -0.2) is 18.4 Å². The molecule has 1 aliphatic rings. The minimum atomic E-state index is -3.66. The fraction of sp³-hybridized carbons (Fsp3) is 0.692. The van der Waals surface area contributed by atoms with Crippen molar-refractivity contribution in [3.8, 4) is 0 Å². The van der Waals surface area contributed by atoms with Crippen molar-refractivity contribution >= 4 is 16.0 Å². The second-order valence-corrected chi connectivity index (χ2v) is 6.96. The summed E-state index contributed by atoms with van der Waals surface area (Å²) in [4.78, 5) is 8.10. The summed E-state index contributed by atoms with van der Waals surface area (Å²) < 4.78 is 26.8. The molecule has 118 valence electrons. The highest BCUT2D eigenvalue weighted by Gasteiger charge is 2.32. The monoisotopic (exact) mass is 314 g/mol. The topological polar surface area (TPSA) is 95.4 Å². The molecule has 0 saturated carbocycles. The van der Waals surface area contributed by atoms with Crippen LogP contribution in [0.4, 0.5) is 5.95 Å². The number of aliphatic hydroxyl groups excluding tert-OH is 1. The van der Waals surface area contributed by atoms with Gasteiger partial charge in [-0.15, -0.1) is 0 Å². The molecule has 0 bridgehead atoms. The van der Waals surface area contributed by atoms with E-state index in [2.05, 4.69) is 15.3 Å². The summed E-state index contributed by atoms with van der Waals surface area (Å²) in [5, 5.41) is 12.4. The number of nitrogens with zero attached hydrogens (tertiary/aromatic N) is 3. The average molecular weight is 314 g/mol. The third-order valence-corrected chi connectivity index (χ3v) is 5.51. The van der Waals surface area contributed by atoms with Crippen LogP contribution in [0.1, 0.15) is 32.6 Å². The van der Waals surface area contributed by atoms with Crippen molar-refractivity contribution in [2.75, 3.05) is 25.0 Å². The van der Waals surface area contributed by atoms with E-state index in [9.17, 15) is 13.5 Å². The Balaban J connectivity index is 2.26. The van der Waals surface area contributed by atoms with Crippen LogP contribution in [0.5, 0.6) is 0 Å². The summed E-state index contributed by atoms with van der Waals surface area (Å²) in [6, 6.07) is -0.356. The van der Waals surface area contributed by atoms with Gasteiger partial charge in [0.25, 0.3) is 0 Å². The van der Waals surface area contributed by atoms with E-state index in [1.165, 1.54) is 16.7 Å². The normalized spacial score (nSPS) is 21.0. The molecular weight excluding hydrogens is 292 g/mol. The van der Waals surface area contributed by atoms with Crippen LogP contribution >= 0.6 is 0 Å². The molecule has 0 aromatic carbocycles. The molecule has 1 fully saturated rings. The van der Waals surface area contributed by atoms with Crippen molar-refractivity contribution in [1.82, 2.24) is 14.3 Å². The highest BCUT2D eigenvalue weighted by molar-refractivity contribution is 7.89. The second kappa shape index (κ2) is 7.15. The largest absolute Gasteiger partial charge is 0.395 e. The van der Waals surface area contributed by atoms with E-state index in [1.807, 2.05) is 6.92 Å². The molecule has 2 rings (SSSR count). The zero-order chi connectivity index (χ0) is 15.3. The molecule has 2 N–H and O–H groups in total. The van der Waals surface area contributed by atoms with Crippen molar-refractivity contribution < 1.29 is 13.5 Å². The number of aromatic nitrogens is 2. The quantitative estimate of drug-likeness (QED) is 0.836. The Morgan fingerprint density at radius 2 is 2.05 bits per heavy atom. The molecule has 1 aromatic rings. The molecule has 1 aromatic heterocycles. The van der Waals surface area contributed by atoms with Gasteiger partial charge in [0.15, 0.2) is 0 Å². The van der Waals surface area contributed by atoms with E-state index < -0.39 is 10.0 Å². The molecule has 0 radical (unpaired) electrons. The van der Waals surface area contributed by atoms with Crippen molar-refractivity contribution in [2.24, 2.45) is 0 Å². The molecule has 0 amide bonds. The molecule has 1 unspecified atom stereocenters. The molecule has 2 heterocycles. The first-order chi connectivity index (χ1) is 10.1. The van der Waals surface area contributed by atoms with Crippen molar-refractivity contribution in [3.05, 3.63) is 12.4 Å². The van der Waals surface area contributed by atoms with Gasteiger partial charge in [0, 0.05) is 19.1 Å². The second-order valence-electron chi connectivity index (χ2n) is 5.07. The van der Waals surface area contributed by atoms with E-state index in [4.69, 9.17) is 0 Å². The number of aliphatic hydroxyl groups is 1. The lowest BCUT2D eigenvalue weighted by Crippen LogP contribution is -2.42. The van der Waals surface area contributed by atoms with Gasteiger partial charge in [-0.3, -0.25) is 0 Å². The Bertz CT molecular complexity index is 547. The zero-order valence-corrected chi connectivity index (χ0v) is 13.0. The van der Waals surface area contributed by atoms with Crippen LogP contribution in [-0.2, 0) is 10.0 Å². The molecule has 7 nitrogen and oxygen atoms in total. The van der Waals surface area contributed by atoms with Gasteiger partial charge < -0.3 is 10.4 Å². The summed E-state index contributed by atoms with van der Waals surface area (Å²) >= 11 is 0. The van der Waals surface area contributed by atoms with Gasteiger partial charge in [-0.2, -0.15) is 4.31 Å². The lowest BCUT2D eigenvalue weighted by Gasteiger charge is -2.27. The van der Waals surface area contributed by atoms with Crippen LogP contribution in [0.3, 0.4) is 0 Å². The zero-order valence-electron chi connectivity index (χ0n) is 12.2. The SMILES string of the molecule is CCNc1ncc(S(=O)(=O)N2CCCCCC2CO)cn1. The lowest BCUT2D eigenvalue weighted by molar-refractivity contribution is 0.186. The summed E-state index contributed by atoms with van der Waals surface area (Å²) in [7, 11) is -3.66. The molecular formula is C13H22N4O3S. The standard InChI is InChI=1S/C13H22N4O3S/c1-2-14-13-15-8-12(9-16-13)21(19,20)17-7-5-3-4-6-11(17)10-18/h8-9,11,18H,2-7,10H2,1H3,(H,14,15,16). The molecule has 21 heavy (non-hydrogen) atoms. The van der Waals surface area contributed by atoms with E-state index in [-0.39, 0.29) is 17.5 Å². The van der Waals surface area contributed by atoms with Crippen molar-refractivity contribution in [1.29, 1.82) is 0 Å². The number of hydrogen-bond donors (Lipinski definition) is 2. The Kier molecular flexibility index (Phi) is 5.49. The summed E-state index contributed by atoms with van der Waals surface area (Å²) in [5.74, 6) is 0.408. The fourth-order valence-electron chi connectivity index (χ4n) is 2.48. The van der Waals surface area contributed by atoms with Gasteiger partial charge in [0.05, 0.1) is 19.0 Å². The minimum Gasteiger partial charge on any atom is -0.395 e. The first-order valence-corrected chi connectivity index (χ1v) is 8.72. The highest BCUT2D eigenvalue weighted by atomic mass is 32.2. The van der Waals surface area contributed by atoms with Crippen LogP contribution in [0.25, 0.3) is 0 Å². The van der Waals surface area contributed by atoms with Crippen LogP contribution in [0, 0.1) is 0 Å². The smallest absolute Gasteiger partial charge is 0.246 e. The Morgan fingerprint density at radius 1 is 1.33 bits per heavy atom. The Labute approximate surface area is 125 Å². The Morgan fingerprint density at radius 3 is 2.67 bits per heavy atom. The molecule has 1 atom stereocenters. The third kappa shape index (κ3) is 3.69. The number of nitrogens with one attached hydrogen (secondary N) is 1. The predicted octanol–water partition coefficient (Wildman–Crippen LogP) is 0.834. The first-order valence-electron chi connectivity index (χ1n) is 7.28. The fourth-order valence-corrected chi connectivity index (χ4v) is 4.06. The van der Waals surface area contributed by atoms with E-state index in [0.717, 1.165) is 19.3 Å². The van der Waals surface area contributed by atoms with E-state index in [1.54, 1.807) is 0 Å². The molecule has 1 aliphatic heterocycles. The summed E-state index contributed by atoms with van der Waals surface area (Å²) in [6.45, 7) is 2.86. The summed E-state index contributed by atoms with van der Waals surface area (Å²) in [6.07, 6.45) is 6.06. The predicted molar refractivity (Wildman–Crippen MR) is 79.4 cm³/mol. The highest BCUT2D eigenvalue weighted by Crippen LogP contribution is 2.24. The maximum absolute atomic E-state index is 12.7. The average Bonchev–Trinajstić information content (AvgIpc) is 2.73. The van der Waals surface area contributed by atoms with Crippen molar-refractivity contribution in [2.45, 2.75) is 43.5 Å². The summed E-state index contributed by atoms with van der Waals surface area (Å²) in [5.41, 5.74) is 0. The molecule has 0 spiro atoms. The van der Waals surface area contributed by atoms with Gasteiger partial charge in [-0.1, -0.05) is 12.8 Å². The number of sulfonamides is 1. The minimum absolute atomic E-state index is 0.0736. The maximum Gasteiger partial charge on any atom is 0.246 e.